The minimum atomic E-state index is -0.535. The van der Waals surface area contributed by atoms with E-state index in [0.717, 1.165) is 19.3 Å². The fourth-order valence-electron chi connectivity index (χ4n) is 3.30. The van der Waals surface area contributed by atoms with E-state index in [0.29, 0.717) is 24.5 Å². The van der Waals surface area contributed by atoms with Crippen molar-refractivity contribution in [1.82, 2.24) is 4.90 Å². The Morgan fingerprint density at radius 3 is 2.91 bits per heavy atom. The monoisotopic (exact) mass is 300 g/mol. The Bertz CT molecular complexity index is 579. The summed E-state index contributed by atoms with van der Waals surface area (Å²) in [5.74, 6) is 0.626. The van der Waals surface area contributed by atoms with Crippen LogP contribution in [-0.2, 0) is 9.53 Å². The van der Waals surface area contributed by atoms with Crippen LogP contribution in [0.1, 0.15) is 31.7 Å². The average Bonchev–Trinajstić information content (AvgIpc) is 3.03. The summed E-state index contributed by atoms with van der Waals surface area (Å²) in [7, 11) is 0. The van der Waals surface area contributed by atoms with Gasteiger partial charge in [0.15, 0.2) is 6.10 Å². The molecule has 1 saturated heterocycles. The van der Waals surface area contributed by atoms with Gasteiger partial charge >= 0.3 is 0 Å². The first-order valence-corrected chi connectivity index (χ1v) is 7.78. The van der Waals surface area contributed by atoms with Crippen LogP contribution in [0.25, 0.3) is 0 Å². The Balaban J connectivity index is 1.64. The van der Waals surface area contributed by atoms with Gasteiger partial charge in [0.1, 0.15) is 5.75 Å². The topological polar surface area (TPSA) is 62.6 Å². The number of morpholine rings is 1. The quantitative estimate of drug-likeness (QED) is 0.857. The highest BCUT2D eigenvalue weighted by atomic mass is 16.5. The van der Waals surface area contributed by atoms with Gasteiger partial charge in [0.05, 0.1) is 30.4 Å². The number of nitrogens with zero attached hydrogens (tertiary/aromatic N) is 2. The van der Waals surface area contributed by atoms with E-state index in [1.807, 2.05) is 4.90 Å². The second-order valence-corrected chi connectivity index (χ2v) is 5.84. The Morgan fingerprint density at radius 1 is 1.41 bits per heavy atom. The summed E-state index contributed by atoms with van der Waals surface area (Å²) in [5.41, 5.74) is 0.577. The average molecular weight is 300 g/mol. The third kappa shape index (κ3) is 2.93. The van der Waals surface area contributed by atoms with Gasteiger partial charge in [0.2, 0.25) is 0 Å². The zero-order valence-electron chi connectivity index (χ0n) is 12.7. The van der Waals surface area contributed by atoms with E-state index < -0.39 is 6.10 Å². The molecule has 22 heavy (non-hydrogen) atoms. The molecule has 0 bridgehead atoms. The molecule has 1 amide bonds. The van der Waals surface area contributed by atoms with Crippen LogP contribution in [0.5, 0.6) is 5.75 Å². The van der Waals surface area contributed by atoms with Crippen LogP contribution >= 0.6 is 0 Å². The second-order valence-electron chi connectivity index (χ2n) is 5.84. The maximum Gasteiger partial charge on any atom is 0.263 e. The molecule has 1 aliphatic carbocycles. The number of carbonyl (C=O) groups excluding carboxylic acids is 1. The number of benzene rings is 1. The van der Waals surface area contributed by atoms with Gasteiger partial charge < -0.3 is 14.4 Å². The molecule has 0 radical (unpaired) electrons. The van der Waals surface area contributed by atoms with Crippen LogP contribution < -0.4 is 4.74 Å². The second kappa shape index (κ2) is 6.37. The predicted octanol–water partition coefficient (Wildman–Crippen LogP) is 2.11. The van der Waals surface area contributed by atoms with Crippen LogP contribution in [0.4, 0.5) is 0 Å². The maximum atomic E-state index is 12.7. The van der Waals surface area contributed by atoms with Crippen LogP contribution in [0.3, 0.4) is 0 Å². The molecule has 0 N–H and O–H groups in total. The van der Waals surface area contributed by atoms with Crippen LogP contribution in [0.15, 0.2) is 24.3 Å². The lowest BCUT2D eigenvalue weighted by Gasteiger charge is -2.38. The van der Waals surface area contributed by atoms with E-state index >= 15 is 0 Å². The summed E-state index contributed by atoms with van der Waals surface area (Å²) >= 11 is 0. The first kappa shape index (κ1) is 14.9. The van der Waals surface area contributed by atoms with E-state index in [1.165, 1.54) is 0 Å². The number of fused-ring (bicyclic) bond motifs is 1. The summed E-state index contributed by atoms with van der Waals surface area (Å²) in [6, 6.07) is 9.09. The molecule has 1 aliphatic heterocycles. The van der Waals surface area contributed by atoms with Gasteiger partial charge in [0.25, 0.3) is 5.91 Å². The molecular formula is C17H20N2O3. The first-order chi connectivity index (χ1) is 10.7. The molecule has 0 aromatic heterocycles. The number of carbonyl (C=O) groups is 1. The summed E-state index contributed by atoms with van der Waals surface area (Å²) < 4.78 is 11.5. The number of ether oxygens (including phenoxy) is 2. The summed E-state index contributed by atoms with van der Waals surface area (Å²) in [6.07, 6.45) is 2.83. The standard InChI is InChI=1S/C17H20N2O3/c1-12(22-14-7-5-13(11-18)6-8-14)17(20)19-9-10-21-16-4-2-3-15(16)19/h5-8,12,15-16H,2-4,9-10H2,1H3/t12-,15+,16+/m0/s1. The van der Waals surface area contributed by atoms with Crippen molar-refractivity contribution in [1.29, 1.82) is 5.26 Å². The van der Waals surface area contributed by atoms with Crippen molar-refractivity contribution in [2.24, 2.45) is 0 Å². The van der Waals surface area contributed by atoms with Crippen LogP contribution in [-0.4, -0.2) is 42.2 Å². The Hall–Kier alpha value is -2.06. The number of rotatable bonds is 3. The van der Waals surface area contributed by atoms with Crippen molar-refractivity contribution in [2.45, 2.75) is 44.4 Å². The van der Waals surface area contributed by atoms with Gasteiger partial charge in [0, 0.05) is 6.54 Å². The molecule has 2 fully saturated rings. The van der Waals surface area contributed by atoms with Gasteiger partial charge in [-0.2, -0.15) is 5.26 Å². The molecule has 1 aromatic rings. The third-order valence-electron chi connectivity index (χ3n) is 4.41. The molecule has 3 atom stereocenters. The molecule has 116 valence electrons. The van der Waals surface area contributed by atoms with E-state index in [9.17, 15) is 4.79 Å². The van der Waals surface area contributed by atoms with Crippen molar-refractivity contribution >= 4 is 5.91 Å². The molecular weight excluding hydrogens is 280 g/mol. The molecule has 1 aromatic carbocycles. The Kier molecular flexibility index (Phi) is 4.30. The zero-order valence-corrected chi connectivity index (χ0v) is 12.7. The number of hydrogen-bond donors (Lipinski definition) is 0. The molecule has 2 aliphatic rings. The summed E-state index contributed by atoms with van der Waals surface area (Å²) in [6.45, 7) is 3.03. The Labute approximate surface area is 130 Å². The minimum absolute atomic E-state index is 0.0181. The molecule has 5 nitrogen and oxygen atoms in total. The molecule has 5 heteroatoms. The SMILES string of the molecule is C[C@H](Oc1ccc(C#N)cc1)C(=O)N1CCO[C@@H]2CCC[C@H]21. The first-order valence-electron chi connectivity index (χ1n) is 7.78. The van der Waals surface area contributed by atoms with Gasteiger partial charge in [-0.1, -0.05) is 0 Å². The summed E-state index contributed by atoms with van der Waals surface area (Å²) in [5, 5.41) is 8.79. The van der Waals surface area contributed by atoms with Gasteiger partial charge in [-0.25, -0.2) is 0 Å². The van der Waals surface area contributed by atoms with Crippen molar-refractivity contribution < 1.29 is 14.3 Å². The molecule has 1 heterocycles. The molecule has 1 saturated carbocycles. The van der Waals surface area contributed by atoms with Crippen molar-refractivity contribution in [3.63, 3.8) is 0 Å². The number of amides is 1. The highest BCUT2D eigenvalue weighted by Crippen LogP contribution is 2.30. The smallest absolute Gasteiger partial charge is 0.263 e. The molecule has 0 spiro atoms. The number of hydrogen-bond acceptors (Lipinski definition) is 4. The van der Waals surface area contributed by atoms with Crippen molar-refractivity contribution in [3.05, 3.63) is 29.8 Å². The van der Waals surface area contributed by atoms with Gasteiger partial charge in [-0.05, 0) is 50.5 Å². The van der Waals surface area contributed by atoms with Crippen LogP contribution in [0.2, 0.25) is 0 Å². The predicted molar refractivity (Wildman–Crippen MR) is 80.3 cm³/mol. The lowest BCUT2D eigenvalue weighted by Crippen LogP contribution is -2.54. The fourth-order valence-corrected chi connectivity index (χ4v) is 3.30. The third-order valence-corrected chi connectivity index (χ3v) is 4.41. The van der Waals surface area contributed by atoms with Crippen molar-refractivity contribution in [3.8, 4) is 11.8 Å². The van der Waals surface area contributed by atoms with E-state index in [2.05, 4.69) is 6.07 Å². The Morgan fingerprint density at radius 2 is 2.18 bits per heavy atom. The van der Waals surface area contributed by atoms with Crippen molar-refractivity contribution in [2.75, 3.05) is 13.2 Å². The van der Waals surface area contributed by atoms with E-state index in [4.69, 9.17) is 14.7 Å². The molecule has 3 rings (SSSR count). The lowest BCUT2D eigenvalue weighted by atomic mass is 10.1. The highest BCUT2D eigenvalue weighted by Gasteiger charge is 2.39. The molecule has 0 unspecified atom stereocenters. The maximum absolute atomic E-state index is 12.7. The normalized spacial score (nSPS) is 25.2. The largest absolute Gasteiger partial charge is 0.481 e. The lowest BCUT2D eigenvalue weighted by molar-refractivity contribution is -0.150. The van der Waals surface area contributed by atoms with E-state index in [-0.39, 0.29) is 18.1 Å². The van der Waals surface area contributed by atoms with Gasteiger partial charge in [-0.15, -0.1) is 0 Å². The summed E-state index contributed by atoms with van der Waals surface area (Å²) in [4.78, 5) is 14.6. The highest BCUT2D eigenvalue weighted by molar-refractivity contribution is 5.81. The minimum Gasteiger partial charge on any atom is -0.481 e. The zero-order chi connectivity index (χ0) is 15.5. The van der Waals surface area contributed by atoms with Gasteiger partial charge in [-0.3, -0.25) is 4.79 Å². The fraction of sp³-hybridized carbons (Fsp3) is 0.529. The van der Waals surface area contributed by atoms with Crippen LogP contribution in [0, 0.1) is 11.3 Å². The number of nitriles is 1. The van der Waals surface area contributed by atoms with E-state index in [1.54, 1.807) is 31.2 Å².